The first-order valence-corrected chi connectivity index (χ1v) is 18.8. The Labute approximate surface area is 342 Å². The highest BCUT2D eigenvalue weighted by Gasteiger charge is 2.06. The van der Waals surface area contributed by atoms with Crippen molar-refractivity contribution < 1.29 is 0 Å². The average molecular weight is 796 g/mol. The second-order valence-corrected chi connectivity index (χ2v) is 13.0. The zero-order valence-corrected chi connectivity index (χ0v) is 33.6. The molecule has 0 unspecified atom stereocenters. The molecule has 19 heteroatoms. The molecule has 4 aromatic carbocycles. The van der Waals surface area contributed by atoms with Crippen molar-refractivity contribution in [2.75, 3.05) is 74.0 Å². The molecule has 7 aromatic rings. The molecule has 0 aliphatic heterocycles. The van der Waals surface area contributed by atoms with E-state index in [4.69, 9.17) is 5.53 Å². The van der Waals surface area contributed by atoms with Gasteiger partial charge in [-0.1, -0.05) is 36.4 Å². The van der Waals surface area contributed by atoms with Gasteiger partial charge in [-0.15, -0.1) is 25.6 Å². The van der Waals surface area contributed by atoms with Crippen molar-refractivity contribution in [2.24, 2.45) is 25.6 Å². The Morgan fingerprint density at radius 2 is 0.746 bits per heavy atom. The molecule has 0 aliphatic rings. The second kappa shape index (κ2) is 23.4. The maximum atomic E-state index is 6.35. The number of benzene rings is 4. The summed E-state index contributed by atoms with van der Waals surface area (Å²) in [4.78, 5) is 20.4. The van der Waals surface area contributed by atoms with Gasteiger partial charge in [-0.2, -0.15) is 30.2 Å². The van der Waals surface area contributed by atoms with Crippen LogP contribution in [-0.4, -0.2) is 99.9 Å². The normalized spacial score (nSPS) is 10.7. The molecule has 0 saturated carbocycles. The summed E-state index contributed by atoms with van der Waals surface area (Å²) in [6.45, 7) is 3.99. The van der Waals surface area contributed by atoms with E-state index in [9.17, 15) is 0 Å². The molecule has 0 amide bonds. The lowest BCUT2D eigenvalue weighted by atomic mass is 10.2. The Hall–Kier alpha value is -7.70. The van der Waals surface area contributed by atoms with E-state index in [0.717, 1.165) is 61.8 Å². The fourth-order valence-corrected chi connectivity index (χ4v) is 5.48. The minimum absolute atomic E-state index is 0.236. The van der Waals surface area contributed by atoms with Crippen LogP contribution in [-0.2, 0) is 0 Å². The second-order valence-electron chi connectivity index (χ2n) is 13.0. The highest BCUT2D eigenvalue weighted by Crippen LogP contribution is 2.23. The molecule has 304 valence electrons. The van der Waals surface area contributed by atoms with Crippen molar-refractivity contribution in [1.82, 2.24) is 45.5 Å². The fraction of sp³-hybridized carbons (Fsp3) is 0.250. The molecule has 4 N–H and O–H groups in total. The minimum atomic E-state index is 0.236. The number of rotatable bonds is 17. The molecule has 0 spiro atoms. The molecule has 0 radical (unpaired) electrons. The zero-order chi connectivity index (χ0) is 41.5. The monoisotopic (exact) mass is 795 g/mol. The lowest BCUT2D eigenvalue weighted by molar-refractivity contribution is 0.763. The van der Waals surface area contributed by atoms with Crippen molar-refractivity contribution in [3.63, 3.8) is 0 Å². The molecule has 7 rings (SSSR count). The molecule has 3 heterocycles. The SMILES string of the molecule is CN(CCCN(C)c1ccc(N=Nc2ncn[nH]2)cc1)c1ccc(N=Nc2ncn[nH]2)cc1.CN(CCCN(C)c1ccccc1)c1ccccc1.N=Nc1ncn[nH]1. The number of nitrogens with zero attached hydrogens (tertiary/aromatic N) is 15. The maximum absolute atomic E-state index is 6.35. The van der Waals surface area contributed by atoms with Crippen LogP contribution in [0, 0.1) is 5.53 Å². The fourth-order valence-electron chi connectivity index (χ4n) is 5.48. The van der Waals surface area contributed by atoms with Crippen molar-refractivity contribution in [3.05, 3.63) is 128 Å². The van der Waals surface area contributed by atoms with E-state index in [2.05, 4.69) is 180 Å². The third kappa shape index (κ3) is 14.7. The van der Waals surface area contributed by atoms with E-state index in [0.29, 0.717) is 11.9 Å². The van der Waals surface area contributed by atoms with Gasteiger partial charge in [-0.3, -0.25) is 0 Å². The number of H-pyrrole nitrogens is 3. The van der Waals surface area contributed by atoms with Crippen LogP contribution in [0.1, 0.15) is 12.8 Å². The first-order valence-electron chi connectivity index (χ1n) is 18.8. The maximum Gasteiger partial charge on any atom is 0.264 e. The molecular formula is C40H49N19. The summed E-state index contributed by atoms with van der Waals surface area (Å²) in [5, 5.41) is 37.8. The molecule has 0 bridgehead atoms. The first-order chi connectivity index (χ1) is 28.9. The predicted molar refractivity (Wildman–Crippen MR) is 230 cm³/mol. The molecule has 0 fully saturated rings. The number of aromatic amines is 3. The molecule has 0 aliphatic carbocycles. The molecule has 59 heavy (non-hydrogen) atoms. The molecule has 0 saturated heterocycles. The summed E-state index contributed by atoms with van der Waals surface area (Å²) >= 11 is 0. The quantitative estimate of drug-likeness (QED) is 0.0641. The highest BCUT2D eigenvalue weighted by molar-refractivity contribution is 5.54. The van der Waals surface area contributed by atoms with Crippen molar-refractivity contribution >= 4 is 52.0 Å². The summed E-state index contributed by atoms with van der Waals surface area (Å²) in [5.74, 6) is 0.997. The average Bonchev–Trinajstić information content (AvgIpc) is 4.12. The Bertz CT molecular complexity index is 2050. The summed E-state index contributed by atoms with van der Waals surface area (Å²) in [7, 11) is 8.47. The minimum Gasteiger partial charge on any atom is -0.375 e. The van der Waals surface area contributed by atoms with Gasteiger partial charge in [0.25, 0.3) is 17.8 Å². The number of hydrogen-bond acceptors (Lipinski definition) is 16. The number of hydrogen-bond donors (Lipinski definition) is 4. The van der Waals surface area contributed by atoms with Crippen molar-refractivity contribution in [3.8, 4) is 0 Å². The largest absolute Gasteiger partial charge is 0.375 e. The van der Waals surface area contributed by atoms with Gasteiger partial charge in [0.15, 0.2) is 0 Å². The zero-order valence-electron chi connectivity index (χ0n) is 33.6. The van der Waals surface area contributed by atoms with Crippen molar-refractivity contribution in [1.29, 1.82) is 5.53 Å². The Balaban J connectivity index is 0.000000212. The lowest BCUT2D eigenvalue weighted by Crippen LogP contribution is -2.25. The Kier molecular flexibility index (Phi) is 16.8. The summed E-state index contributed by atoms with van der Waals surface area (Å²) in [6.07, 6.45) is 6.25. The van der Waals surface area contributed by atoms with Crippen LogP contribution in [0.3, 0.4) is 0 Å². The van der Waals surface area contributed by atoms with Gasteiger partial charge in [0.1, 0.15) is 19.0 Å². The Morgan fingerprint density at radius 3 is 1.03 bits per heavy atom. The van der Waals surface area contributed by atoms with Gasteiger partial charge < -0.3 is 19.6 Å². The number of azo groups is 2. The van der Waals surface area contributed by atoms with Crippen LogP contribution in [0.2, 0.25) is 0 Å². The summed E-state index contributed by atoms with van der Waals surface area (Å²) < 4.78 is 0. The molecule has 3 aromatic heterocycles. The number of aromatic nitrogens is 9. The van der Waals surface area contributed by atoms with Crippen LogP contribution in [0.15, 0.2) is 154 Å². The van der Waals surface area contributed by atoms with E-state index in [1.807, 2.05) is 48.5 Å². The van der Waals surface area contributed by atoms with Crippen LogP contribution < -0.4 is 19.6 Å². The Morgan fingerprint density at radius 1 is 0.424 bits per heavy atom. The van der Waals surface area contributed by atoms with Crippen LogP contribution in [0.25, 0.3) is 0 Å². The van der Waals surface area contributed by atoms with E-state index < -0.39 is 0 Å². The summed E-state index contributed by atoms with van der Waals surface area (Å²) in [5.41, 5.74) is 12.7. The van der Waals surface area contributed by atoms with Gasteiger partial charge in [-0.05, 0) is 85.6 Å². The van der Waals surface area contributed by atoms with Crippen LogP contribution in [0.5, 0.6) is 0 Å². The molecule has 19 nitrogen and oxygen atoms in total. The van der Waals surface area contributed by atoms with E-state index >= 15 is 0 Å². The number of para-hydroxylation sites is 2. The van der Waals surface area contributed by atoms with Gasteiger partial charge in [-0.25, -0.2) is 20.8 Å². The van der Waals surface area contributed by atoms with E-state index in [1.54, 1.807) is 0 Å². The van der Waals surface area contributed by atoms with Gasteiger partial charge >= 0.3 is 0 Å². The smallest absolute Gasteiger partial charge is 0.264 e. The van der Waals surface area contributed by atoms with Gasteiger partial charge in [0, 0.05) is 77.1 Å². The topological polar surface area (TPSA) is 223 Å². The lowest BCUT2D eigenvalue weighted by Gasteiger charge is -2.23. The highest BCUT2D eigenvalue weighted by atomic mass is 15.3. The van der Waals surface area contributed by atoms with Crippen LogP contribution >= 0.6 is 0 Å². The van der Waals surface area contributed by atoms with E-state index in [1.165, 1.54) is 30.4 Å². The van der Waals surface area contributed by atoms with E-state index in [-0.39, 0.29) is 5.95 Å². The third-order valence-corrected chi connectivity index (χ3v) is 8.78. The summed E-state index contributed by atoms with van der Waals surface area (Å²) in [6, 6.07) is 36.9. The van der Waals surface area contributed by atoms with Gasteiger partial charge in [0.2, 0.25) is 0 Å². The standard InChI is InChI=1S/C21H24N12.C17H22N2.C2H3N5/c1-32(18-8-4-16(5-9-18)26-30-20-22-14-24-28-20)12-3-13-33(2)19-10-6-17(7-11-19)27-31-21-23-15-25-29-21;1-18(16-10-5-3-6-11-16)14-9-15-19(2)17-12-7-4-8-13-17;3-6-2-4-1-5-7-2/h4-11,14-15H,3,12-13H2,1-2H3,(H,22,24,28)(H,23,25,29);3-8,10-13H,9,14-15H2,1-2H3;1,3H,(H,4,5,7). The van der Waals surface area contributed by atoms with Gasteiger partial charge in [0.05, 0.1) is 11.4 Å². The number of anilines is 4. The number of nitrogens with one attached hydrogen (secondary N) is 4. The predicted octanol–water partition coefficient (Wildman–Crippen LogP) is 8.83. The molecule has 0 atom stereocenters. The van der Waals surface area contributed by atoms with Crippen LogP contribution in [0.4, 0.5) is 52.0 Å². The van der Waals surface area contributed by atoms with Crippen molar-refractivity contribution in [2.45, 2.75) is 12.8 Å². The molecular weight excluding hydrogens is 747 g/mol. The first kappa shape index (κ1) is 42.4. The third-order valence-electron chi connectivity index (χ3n) is 8.78.